The van der Waals surface area contributed by atoms with E-state index in [1.807, 2.05) is 24.3 Å². The third kappa shape index (κ3) is 3.66. The van der Waals surface area contributed by atoms with Gasteiger partial charge in [-0.1, -0.05) is 48.5 Å². The fourth-order valence-corrected chi connectivity index (χ4v) is 4.01. The Morgan fingerprint density at radius 1 is 1.03 bits per heavy atom. The number of fused-ring (bicyclic) bond motifs is 1. The molecule has 4 rings (SSSR count). The molecule has 0 radical (unpaired) electrons. The molecule has 31 heavy (non-hydrogen) atoms. The number of carbonyl (C=O) groups is 2. The summed E-state index contributed by atoms with van der Waals surface area (Å²) in [6.45, 7) is 2.83. The van der Waals surface area contributed by atoms with Crippen molar-refractivity contribution in [2.45, 2.75) is 18.9 Å². The van der Waals surface area contributed by atoms with Crippen molar-refractivity contribution in [2.24, 2.45) is 5.73 Å². The molecule has 1 atom stereocenters. The standard InChI is InChI=1S/C25H24N2O4/c1-17-16-18(23(28)27-14-7-15-31-22-11-6-5-10-21(22)27)12-13-20(17)25(30,24(26)29)19-8-3-2-4-9-19/h2-6,8-13,16,30H,7,14-15H2,1H3,(H2,26,29). The number of rotatable bonds is 4. The van der Waals surface area contributed by atoms with Gasteiger partial charge in [-0.2, -0.15) is 0 Å². The number of aliphatic hydroxyl groups is 1. The molecule has 0 aromatic heterocycles. The first-order valence-electron chi connectivity index (χ1n) is 10.2. The number of nitrogens with zero attached hydrogens (tertiary/aromatic N) is 1. The Balaban J connectivity index is 1.73. The molecule has 0 spiro atoms. The van der Waals surface area contributed by atoms with E-state index in [9.17, 15) is 14.7 Å². The minimum absolute atomic E-state index is 0.171. The molecule has 2 amide bonds. The molecule has 0 saturated carbocycles. The van der Waals surface area contributed by atoms with E-state index >= 15 is 0 Å². The monoisotopic (exact) mass is 416 g/mol. The van der Waals surface area contributed by atoms with E-state index in [0.717, 1.165) is 5.69 Å². The molecule has 158 valence electrons. The highest BCUT2D eigenvalue weighted by atomic mass is 16.5. The van der Waals surface area contributed by atoms with Crippen LogP contribution in [0, 0.1) is 6.92 Å². The molecule has 0 saturated heterocycles. The van der Waals surface area contributed by atoms with Gasteiger partial charge in [0.15, 0.2) is 5.60 Å². The van der Waals surface area contributed by atoms with Gasteiger partial charge in [-0.3, -0.25) is 9.59 Å². The van der Waals surface area contributed by atoms with Crippen molar-refractivity contribution in [3.05, 3.63) is 95.1 Å². The third-order valence-electron chi connectivity index (χ3n) is 5.60. The molecule has 0 aliphatic carbocycles. The Hall–Kier alpha value is -3.64. The number of benzene rings is 3. The molecular formula is C25H24N2O4. The summed E-state index contributed by atoms with van der Waals surface area (Å²) in [5, 5.41) is 11.3. The maximum absolute atomic E-state index is 13.3. The van der Waals surface area contributed by atoms with E-state index in [2.05, 4.69) is 0 Å². The van der Waals surface area contributed by atoms with Crippen LogP contribution in [0.15, 0.2) is 72.8 Å². The van der Waals surface area contributed by atoms with Gasteiger partial charge >= 0.3 is 0 Å². The van der Waals surface area contributed by atoms with Crippen molar-refractivity contribution < 1.29 is 19.4 Å². The van der Waals surface area contributed by atoms with Crippen LogP contribution in [0.5, 0.6) is 5.75 Å². The molecular weight excluding hydrogens is 392 g/mol. The van der Waals surface area contributed by atoms with Crippen LogP contribution in [0.1, 0.15) is 33.5 Å². The first-order chi connectivity index (χ1) is 14.9. The van der Waals surface area contributed by atoms with Crippen LogP contribution < -0.4 is 15.4 Å². The molecule has 0 fully saturated rings. The average molecular weight is 416 g/mol. The van der Waals surface area contributed by atoms with Gasteiger partial charge in [0.25, 0.3) is 11.8 Å². The third-order valence-corrected chi connectivity index (χ3v) is 5.60. The predicted molar refractivity (Wildman–Crippen MR) is 118 cm³/mol. The number of anilines is 1. The first-order valence-corrected chi connectivity index (χ1v) is 10.2. The highest BCUT2D eigenvalue weighted by Gasteiger charge is 2.39. The molecule has 3 aromatic rings. The Bertz CT molecular complexity index is 1130. The van der Waals surface area contributed by atoms with Crippen LogP contribution in [-0.4, -0.2) is 30.1 Å². The molecule has 6 nitrogen and oxygen atoms in total. The van der Waals surface area contributed by atoms with Gasteiger partial charge in [0, 0.05) is 17.7 Å². The summed E-state index contributed by atoms with van der Waals surface area (Å²) in [6, 6.07) is 20.9. The lowest BCUT2D eigenvalue weighted by Gasteiger charge is -2.28. The number of ether oxygens (including phenoxy) is 1. The van der Waals surface area contributed by atoms with Gasteiger partial charge < -0.3 is 20.5 Å². The molecule has 1 heterocycles. The van der Waals surface area contributed by atoms with E-state index in [1.165, 1.54) is 0 Å². The molecule has 3 aromatic carbocycles. The number of nitrogens with two attached hydrogens (primary N) is 1. The van der Waals surface area contributed by atoms with Crippen molar-refractivity contribution >= 4 is 17.5 Å². The number of aryl methyl sites for hydroxylation is 1. The van der Waals surface area contributed by atoms with Crippen molar-refractivity contribution in [2.75, 3.05) is 18.1 Å². The smallest absolute Gasteiger partial charge is 0.258 e. The Morgan fingerprint density at radius 3 is 2.45 bits per heavy atom. The Morgan fingerprint density at radius 2 is 1.74 bits per heavy atom. The van der Waals surface area contributed by atoms with Crippen LogP contribution in [0.25, 0.3) is 0 Å². The summed E-state index contributed by atoms with van der Waals surface area (Å²) in [5.41, 5.74) is 6.12. The summed E-state index contributed by atoms with van der Waals surface area (Å²) >= 11 is 0. The van der Waals surface area contributed by atoms with Crippen molar-refractivity contribution in [3.63, 3.8) is 0 Å². The Labute approximate surface area is 180 Å². The summed E-state index contributed by atoms with van der Waals surface area (Å²) in [6.07, 6.45) is 0.715. The highest BCUT2D eigenvalue weighted by Crippen LogP contribution is 2.34. The van der Waals surface area contributed by atoms with Crippen molar-refractivity contribution in [1.29, 1.82) is 0 Å². The van der Waals surface area contributed by atoms with Crippen molar-refractivity contribution in [3.8, 4) is 5.75 Å². The van der Waals surface area contributed by atoms with Crippen LogP contribution in [0.4, 0.5) is 5.69 Å². The van der Waals surface area contributed by atoms with E-state index in [0.29, 0.717) is 47.6 Å². The first kappa shape index (κ1) is 20.6. The summed E-state index contributed by atoms with van der Waals surface area (Å²) in [5.74, 6) is -0.372. The zero-order valence-electron chi connectivity index (χ0n) is 17.2. The maximum atomic E-state index is 13.3. The summed E-state index contributed by atoms with van der Waals surface area (Å²) in [4.78, 5) is 27.4. The van der Waals surface area contributed by atoms with Crippen LogP contribution >= 0.6 is 0 Å². The van der Waals surface area contributed by atoms with Gasteiger partial charge in [0.1, 0.15) is 5.75 Å². The van der Waals surface area contributed by atoms with Crippen LogP contribution in [-0.2, 0) is 10.4 Å². The fraction of sp³-hybridized carbons (Fsp3) is 0.200. The lowest BCUT2D eigenvalue weighted by molar-refractivity contribution is -0.133. The number of carbonyl (C=O) groups excluding carboxylic acids is 2. The number of amides is 2. The SMILES string of the molecule is Cc1cc(C(=O)N2CCCOc3ccccc32)ccc1C(O)(C(N)=O)c1ccccc1. The van der Waals surface area contributed by atoms with Gasteiger partial charge in [-0.15, -0.1) is 0 Å². The summed E-state index contributed by atoms with van der Waals surface area (Å²) in [7, 11) is 0. The lowest BCUT2D eigenvalue weighted by atomic mass is 9.82. The molecule has 6 heteroatoms. The van der Waals surface area contributed by atoms with Gasteiger partial charge in [-0.25, -0.2) is 0 Å². The maximum Gasteiger partial charge on any atom is 0.258 e. The predicted octanol–water partition coefficient (Wildman–Crippen LogP) is 3.15. The van der Waals surface area contributed by atoms with E-state index in [1.54, 1.807) is 60.4 Å². The van der Waals surface area contributed by atoms with Gasteiger partial charge in [-0.05, 0) is 48.7 Å². The second-order valence-corrected chi connectivity index (χ2v) is 7.60. The van der Waals surface area contributed by atoms with E-state index in [-0.39, 0.29) is 5.91 Å². The molecule has 1 unspecified atom stereocenters. The number of para-hydroxylation sites is 2. The quantitative estimate of drug-likeness (QED) is 0.683. The molecule has 1 aliphatic rings. The zero-order chi connectivity index (χ0) is 22.0. The molecule has 1 aliphatic heterocycles. The van der Waals surface area contributed by atoms with Gasteiger partial charge in [0.05, 0.1) is 12.3 Å². The number of primary amides is 1. The normalized spacial score (nSPS) is 15.2. The van der Waals surface area contributed by atoms with Crippen LogP contribution in [0.2, 0.25) is 0 Å². The number of hydrogen-bond donors (Lipinski definition) is 2. The minimum Gasteiger partial charge on any atom is -0.491 e. The summed E-state index contributed by atoms with van der Waals surface area (Å²) < 4.78 is 5.75. The highest BCUT2D eigenvalue weighted by molar-refractivity contribution is 6.07. The molecule has 0 bridgehead atoms. The molecule has 3 N–H and O–H groups in total. The van der Waals surface area contributed by atoms with Crippen LogP contribution in [0.3, 0.4) is 0 Å². The second-order valence-electron chi connectivity index (χ2n) is 7.60. The average Bonchev–Trinajstić information content (AvgIpc) is 3.01. The topological polar surface area (TPSA) is 92.9 Å². The Kier molecular flexibility index (Phi) is 5.48. The fourth-order valence-electron chi connectivity index (χ4n) is 4.01. The minimum atomic E-state index is -1.99. The van der Waals surface area contributed by atoms with Gasteiger partial charge in [0.2, 0.25) is 0 Å². The number of hydrogen-bond acceptors (Lipinski definition) is 4. The lowest BCUT2D eigenvalue weighted by Crippen LogP contribution is -2.42. The largest absolute Gasteiger partial charge is 0.491 e. The van der Waals surface area contributed by atoms with E-state index in [4.69, 9.17) is 10.5 Å². The van der Waals surface area contributed by atoms with E-state index < -0.39 is 11.5 Å². The second kappa shape index (κ2) is 8.24. The zero-order valence-corrected chi connectivity index (χ0v) is 17.2. The van der Waals surface area contributed by atoms with Crippen molar-refractivity contribution in [1.82, 2.24) is 0 Å².